The monoisotopic (exact) mass is 451 g/mol. The first kappa shape index (κ1) is 19.9. The Kier molecular flexibility index (Phi) is 6.51. The van der Waals surface area contributed by atoms with Crippen molar-refractivity contribution in [1.29, 1.82) is 0 Å². The first-order valence-corrected chi connectivity index (χ1v) is 11.1. The molecule has 0 aromatic heterocycles. The highest BCUT2D eigenvalue weighted by molar-refractivity contribution is 9.10. The number of carbonyl (C=O) groups is 1. The number of hydrogen-bond acceptors (Lipinski definition) is 4. The van der Waals surface area contributed by atoms with Crippen molar-refractivity contribution in [2.24, 2.45) is 0 Å². The second-order valence-electron chi connectivity index (χ2n) is 6.40. The molecule has 0 saturated carbocycles. The van der Waals surface area contributed by atoms with Gasteiger partial charge in [0.1, 0.15) is 0 Å². The molecule has 1 amide bonds. The van der Waals surface area contributed by atoms with Gasteiger partial charge in [-0.3, -0.25) is 4.79 Å². The number of nitrogens with zero attached hydrogens (tertiary/aromatic N) is 1. The molecule has 0 bridgehead atoms. The van der Waals surface area contributed by atoms with E-state index < -0.39 is 10.0 Å². The number of sulfonamides is 1. The molecule has 2 N–H and O–H groups in total. The third-order valence-electron chi connectivity index (χ3n) is 4.37. The Hall–Kier alpha value is -1.90. The number of amides is 1. The summed E-state index contributed by atoms with van der Waals surface area (Å²) in [5.41, 5.74) is 1.30. The fraction of sp³-hybridized carbons (Fsp3) is 0.316. The lowest BCUT2D eigenvalue weighted by Gasteiger charge is -2.26. The molecule has 0 radical (unpaired) electrons. The van der Waals surface area contributed by atoms with Crippen LogP contribution in [0.5, 0.6) is 0 Å². The van der Waals surface area contributed by atoms with Gasteiger partial charge >= 0.3 is 0 Å². The van der Waals surface area contributed by atoms with Crippen molar-refractivity contribution in [3.8, 4) is 0 Å². The highest BCUT2D eigenvalue weighted by Crippen LogP contribution is 2.23. The topological polar surface area (TPSA) is 78.5 Å². The van der Waals surface area contributed by atoms with Gasteiger partial charge in [-0.05, 0) is 55.3 Å². The molecule has 27 heavy (non-hydrogen) atoms. The number of piperidine rings is 1. The van der Waals surface area contributed by atoms with Crippen LogP contribution in [-0.2, 0) is 14.8 Å². The first-order chi connectivity index (χ1) is 12.9. The number of benzene rings is 2. The van der Waals surface area contributed by atoms with E-state index in [1.807, 2.05) is 12.1 Å². The normalized spacial score (nSPS) is 15.3. The smallest absolute Gasteiger partial charge is 0.243 e. The maximum atomic E-state index is 12.8. The van der Waals surface area contributed by atoms with E-state index in [4.69, 9.17) is 0 Å². The highest BCUT2D eigenvalue weighted by Gasteiger charge is 2.25. The predicted octanol–water partition coefficient (Wildman–Crippen LogP) is 3.67. The van der Waals surface area contributed by atoms with Gasteiger partial charge in [-0.2, -0.15) is 4.31 Å². The van der Waals surface area contributed by atoms with Crippen molar-refractivity contribution >= 4 is 43.2 Å². The van der Waals surface area contributed by atoms with E-state index in [1.165, 1.54) is 4.31 Å². The molecule has 6 nitrogen and oxygen atoms in total. The molecular weight excluding hydrogens is 430 g/mol. The summed E-state index contributed by atoms with van der Waals surface area (Å²) in [6.45, 7) is 1.18. The molecule has 1 saturated heterocycles. The maximum absolute atomic E-state index is 12.8. The number of halogens is 1. The van der Waals surface area contributed by atoms with Crippen molar-refractivity contribution in [2.75, 3.05) is 30.3 Å². The average molecular weight is 452 g/mol. The minimum atomic E-state index is -3.49. The van der Waals surface area contributed by atoms with E-state index >= 15 is 0 Å². The van der Waals surface area contributed by atoms with Gasteiger partial charge in [0.15, 0.2) is 0 Å². The Bertz CT molecular complexity index is 895. The summed E-state index contributed by atoms with van der Waals surface area (Å²) >= 11 is 3.35. The van der Waals surface area contributed by atoms with Gasteiger partial charge < -0.3 is 10.6 Å². The molecule has 0 atom stereocenters. The fourth-order valence-corrected chi connectivity index (χ4v) is 4.77. The van der Waals surface area contributed by atoms with E-state index in [0.717, 1.165) is 23.7 Å². The van der Waals surface area contributed by atoms with Crippen molar-refractivity contribution in [3.05, 3.63) is 53.0 Å². The van der Waals surface area contributed by atoms with Crippen LogP contribution in [0.15, 0.2) is 57.9 Å². The zero-order valence-corrected chi connectivity index (χ0v) is 17.2. The third kappa shape index (κ3) is 5.31. The van der Waals surface area contributed by atoms with E-state index in [0.29, 0.717) is 24.5 Å². The zero-order chi connectivity index (χ0) is 19.3. The lowest BCUT2D eigenvalue weighted by molar-refractivity contribution is -0.114. The van der Waals surface area contributed by atoms with Crippen LogP contribution in [-0.4, -0.2) is 38.3 Å². The van der Waals surface area contributed by atoms with E-state index in [9.17, 15) is 13.2 Å². The summed E-state index contributed by atoms with van der Waals surface area (Å²) in [5, 5.41) is 5.77. The van der Waals surface area contributed by atoms with Gasteiger partial charge in [0.25, 0.3) is 0 Å². The number of carbonyl (C=O) groups excluding carboxylic acids is 1. The quantitative estimate of drug-likeness (QED) is 0.701. The highest BCUT2D eigenvalue weighted by atomic mass is 79.9. The Morgan fingerprint density at radius 2 is 1.70 bits per heavy atom. The van der Waals surface area contributed by atoms with Crippen molar-refractivity contribution in [3.63, 3.8) is 0 Å². The molecule has 0 spiro atoms. The largest absolute Gasteiger partial charge is 0.376 e. The minimum Gasteiger partial charge on any atom is -0.376 e. The van der Waals surface area contributed by atoms with Crippen LogP contribution in [0, 0.1) is 0 Å². The predicted molar refractivity (Wildman–Crippen MR) is 110 cm³/mol. The van der Waals surface area contributed by atoms with Gasteiger partial charge in [0.2, 0.25) is 15.9 Å². The Morgan fingerprint density at radius 1 is 1.00 bits per heavy atom. The van der Waals surface area contributed by atoms with Gasteiger partial charge in [0.05, 0.1) is 11.4 Å². The summed E-state index contributed by atoms with van der Waals surface area (Å²) in [5.74, 6) is -0.207. The summed E-state index contributed by atoms with van der Waals surface area (Å²) in [4.78, 5) is 12.3. The van der Waals surface area contributed by atoms with Crippen LogP contribution in [0.2, 0.25) is 0 Å². The van der Waals surface area contributed by atoms with Crippen molar-refractivity contribution in [2.45, 2.75) is 24.2 Å². The molecule has 0 aliphatic carbocycles. The Morgan fingerprint density at radius 3 is 2.41 bits per heavy atom. The Balaban J connectivity index is 1.61. The molecule has 8 heteroatoms. The molecule has 2 aromatic carbocycles. The summed E-state index contributed by atoms with van der Waals surface area (Å²) in [6.07, 6.45) is 2.86. The van der Waals surface area contributed by atoms with Crippen LogP contribution in [0.3, 0.4) is 0 Å². The van der Waals surface area contributed by atoms with Crippen LogP contribution in [0.1, 0.15) is 19.3 Å². The zero-order valence-electron chi connectivity index (χ0n) is 14.8. The summed E-state index contributed by atoms with van der Waals surface area (Å²) < 4.78 is 28.0. The van der Waals surface area contributed by atoms with Gasteiger partial charge in [-0.25, -0.2) is 8.42 Å². The van der Waals surface area contributed by atoms with Crippen molar-refractivity contribution in [1.82, 2.24) is 4.31 Å². The van der Waals surface area contributed by atoms with Crippen LogP contribution in [0.4, 0.5) is 11.4 Å². The van der Waals surface area contributed by atoms with E-state index in [1.54, 1.807) is 36.4 Å². The van der Waals surface area contributed by atoms with Crippen molar-refractivity contribution < 1.29 is 13.2 Å². The first-order valence-electron chi connectivity index (χ1n) is 8.85. The van der Waals surface area contributed by atoms with Crippen LogP contribution < -0.4 is 10.6 Å². The van der Waals surface area contributed by atoms with Crippen LogP contribution >= 0.6 is 15.9 Å². The third-order valence-corrected chi connectivity index (χ3v) is 6.79. The van der Waals surface area contributed by atoms with Gasteiger partial charge in [0, 0.05) is 28.9 Å². The number of anilines is 2. The standard InChI is InChI=1S/C19H22BrN3O3S/c20-15-7-9-16(10-8-15)22-19(24)14-21-17-5-4-6-18(13-17)27(25,26)23-11-2-1-3-12-23/h4-10,13,21H,1-3,11-12,14H2,(H,22,24). The fourth-order valence-electron chi connectivity index (χ4n) is 2.94. The summed E-state index contributed by atoms with van der Waals surface area (Å²) in [7, 11) is -3.49. The minimum absolute atomic E-state index is 0.0449. The Labute approximate surface area is 168 Å². The molecule has 0 unspecified atom stereocenters. The molecule has 1 aliphatic rings. The molecule has 144 valence electrons. The van der Waals surface area contributed by atoms with E-state index in [2.05, 4.69) is 26.6 Å². The molecule has 2 aromatic rings. The average Bonchev–Trinajstić information content (AvgIpc) is 2.69. The second-order valence-corrected chi connectivity index (χ2v) is 9.25. The van der Waals surface area contributed by atoms with E-state index in [-0.39, 0.29) is 17.3 Å². The number of rotatable bonds is 6. The van der Waals surface area contributed by atoms with Gasteiger partial charge in [-0.15, -0.1) is 0 Å². The molecular formula is C19H22BrN3O3S. The number of nitrogens with one attached hydrogen (secondary N) is 2. The lowest BCUT2D eigenvalue weighted by atomic mass is 10.2. The SMILES string of the molecule is O=C(CNc1cccc(S(=O)(=O)N2CCCCC2)c1)Nc1ccc(Br)cc1. The lowest BCUT2D eigenvalue weighted by Crippen LogP contribution is -2.35. The molecule has 3 rings (SSSR count). The number of hydrogen-bond donors (Lipinski definition) is 2. The summed E-state index contributed by atoms with van der Waals surface area (Å²) in [6, 6.07) is 13.9. The second kappa shape index (κ2) is 8.86. The van der Waals surface area contributed by atoms with Gasteiger partial charge in [-0.1, -0.05) is 28.4 Å². The maximum Gasteiger partial charge on any atom is 0.243 e. The molecule has 1 heterocycles. The van der Waals surface area contributed by atoms with Crippen LogP contribution in [0.25, 0.3) is 0 Å². The molecule has 1 aliphatic heterocycles. The molecule has 1 fully saturated rings.